The minimum Gasteiger partial charge on any atom is -0.384 e. The molecule has 1 aromatic carbocycles. The van der Waals surface area contributed by atoms with Crippen molar-refractivity contribution in [3.8, 4) is 11.8 Å². The number of amides is 1. The summed E-state index contributed by atoms with van der Waals surface area (Å²) >= 11 is 0. The van der Waals surface area contributed by atoms with E-state index in [2.05, 4.69) is 27.1 Å². The highest BCUT2D eigenvalue weighted by Gasteiger charge is 2.10. The number of hydrogen-bond donors (Lipinski definition) is 2. The third-order valence-electron chi connectivity index (χ3n) is 2.95. The fourth-order valence-electron chi connectivity index (χ4n) is 1.84. The maximum atomic E-state index is 12.2. The van der Waals surface area contributed by atoms with Gasteiger partial charge in [0.1, 0.15) is 12.9 Å². The van der Waals surface area contributed by atoms with Crippen molar-refractivity contribution in [1.82, 2.24) is 15.3 Å². The standard InChI is InChI=1S/C16H15N3O2/c1-12-13(5-3-9-20)4-2-6-15(12)16(21)18-10-14-7-8-17-11-19-14/h2,4,6-8,11,20H,9-10H2,1H3,(H,18,21). The van der Waals surface area contributed by atoms with Crippen molar-refractivity contribution in [1.29, 1.82) is 0 Å². The minimum absolute atomic E-state index is 0.182. The van der Waals surface area contributed by atoms with Gasteiger partial charge in [-0.25, -0.2) is 9.97 Å². The highest BCUT2D eigenvalue weighted by Crippen LogP contribution is 2.13. The van der Waals surface area contributed by atoms with E-state index in [4.69, 9.17) is 5.11 Å². The van der Waals surface area contributed by atoms with Gasteiger partial charge >= 0.3 is 0 Å². The van der Waals surface area contributed by atoms with Crippen LogP contribution in [0.3, 0.4) is 0 Å². The van der Waals surface area contributed by atoms with E-state index in [9.17, 15) is 4.79 Å². The summed E-state index contributed by atoms with van der Waals surface area (Å²) in [7, 11) is 0. The lowest BCUT2D eigenvalue weighted by Crippen LogP contribution is -2.24. The van der Waals surface area contributed by atoms with Crippen molar-refractivity contribution < 1.29 is 9.90 Å². The first kappa shape index (κ1) is 14.7. The number of aliphatic hydroxyl groups is 1. The molecule has 2 aromatic rings. The van der Waals surface area contributed by atoms with Gasteiger partial charge in [-0.05, 0) is 30.7 Å². The second kappa shape index (κ2) is 7.17. The third kappa shape index (κ3) is 3.88. The average Bonchev–Trinajstić information content (AvgIpc) is 2.52. The Morgan fingerprint density at radius 2 is 2.24 bits per heavy atom. The fourth-order valence-corrected chi connectivity index (χ4v) is 1.84. The van der Waals surface area contributed by atoms with E-state index in [1.54, 1.807) is 24.4 Å². The highest BCUT2D eigenvalue weighted by molar-refractivity contribution is 5.96. The molecular weight excluding hydrogens is 266 g/mol. The molecule has 0 aliphatic carbocycles. The quantitative estimate of drug-likeness (QED) is 0.825. The van der Waals surface area contributed by atoms with Crippen LogP contribution < -0.4 is 5.32 Å². The van der Waals surface area contributed by atoms with Gasteiger partial charge in [0.15, 0.2) is 0 Å². The smallest absolute Gasteiger partial charge is 0.251 e. The number of nitrogens with zero attached hydrogens (tertiary/aromatic N) is 2. The molecule has 21 heavy (non-hydrogen) atoms. The van der Waals surface area contributed by atoms with Crippen LogP contribution in [0.25, 0.3) is 0 Å². The van der Waals surface area contributed by atoms with Gasteiger partial charge in [0.05, 0.1) is 12.2 Å². The Kier molecular flexibility index (Phi) is 5.02. The predicted octanol–water partition coefficient (Wildman–Crippen LogP) is 1.06. The number of carbonyl (C=O) groups is 1. The Hall–Kier alpha value is -2.71. The molecule has 1 aromatic heterocycles. The van der Waals surface area contributed by atoms with Crippen LogP contribution in [0.1, 0.15) is 27.2 Å². The van der Waals surface area contributed by atoms with Gasteiger partial charge in [0.2, 0.25) is 0 Å². The molecule has 5 heteroatoms. The zero-order valence-corrected chi connectivity index (χ0v) is 11.6. The molecule has 0 bridgehead atoms. The maximum absolute atomic E-state index is 12.2. The topological polar surface area (TPSA) is 75.1 Å². The maximum Gasteiger partial charge on any atom is 0.251 e. The van der Waals surface area contributed by atoms with Gasteiger partial charge in [0.25, 0.3) is 5.91 Å². The SMILES string of the molecule is Cc1c(C#CCO)cccc1C(=O)NCc1ccncn1. The van der Waals surface area contributed by atoms with Crippen LogP contribution in [0.4, 0.5) is 0 Å². The van der Waals surface area contributed by atoms with Crippen molar-refractivity contribution in [2.75, 3.05) is 6.61 Å². The average molecular weight is 281 g/mol. The summed E-state index contributed by atoms with van der Waals surface area (Å²) in [6.07, 6.45) is 3.07. The lowest BCUT2D eigenvalue weighted by Gasteiger charge is -2.08. The molecule has 0 unspecified atom stereocenters. The number of rotatable bonds is 3. The molecule has 5 nitrogen and oxygen atoms in total. The normalized spacial score (nSPS) is 9.62. The van der Waals surface area contributed by atoms with E-state index in [1.165, 1.54) is 6.33 Å². The van der Waals surface area contributed by atoms with Gasteiger partial charge in [-0.1, -0.05) is 17.9 Å². The summed E-state index contributed by atoms with van der Waals surface area (Å²) in [6.45, 7) is 1.97. The van der Waals surface area contributed by atoms with Crippen molar-refractivity contribution in [3.05, 3.63) is 59.2 Å². The molecular formula is C16H15N3O2. The highest BCUT2D eigenvalue weighted by atomic mass is 16.2. The van der Waals surface area contributed by atoms with Crippen LogP contribution in [-0.2, 0) is 6.54 Å². The second-order valence-corrected chi connectivity index (χ2v) is 4.32. The molecule has 1 heterocycles. The van der Waals surface area contributed by atoms with Gasteiger partial charge in [-0.2, -0.15) is 0 Å². The van der Waals surface area contributed by atoms with E-state index in [0.717, 1.165) is 16.8 Å². The zero-order valence-electron chi connectivity index (χ0n) is 11.6. The molecule has 0 aliphatic heterocycles. The van der Waals surface area contributed by atoms with E-state index in [1.807, 2.05) is 13.0 Å². The van der Waals surface area contributed by atoms with Crippen molar-refractivity contribution in [2.45, 2.75) is 13.5 Å². The van der Waals surface area contributed by atoms with Crippen LogP contribution in [0, 0.1) is 18.8 Å². The molecule has 0 fully saturated rings. The van der Waals surface area contributed by atoms with Crippen LogP contribution in [0.15, 0.2) is 36.8 Å². The second-order valence-electron chi connectivity index (χ2n) is 4.32. The molecule has 0 atom stereocenters. The predicted molar refractivity (Wildman–Crippen MR) is 78.3 cm³/mol. The molecule has 106 valence electrons. The Labute approximate surface area is 123 Å². The van der Waals surface area contributed by atoms with E-state index in [-0.39, 0.29) is 12.5 Å². The lowest BCUT2D eigenvalue weighted by atomic mass is 10.0. The van der Waals surface area contributed by atoms with Crippen LogP contribution in [-0.4, -0.2) is 27.6 Å². The van der Waals surface area contributed by atoms with Crippen LogP contribution in [0.5, 0.6) is 0 Å². The number of aliphatic hydroxyl groups excluding tert-OH is 1. The molecule has 2 rings (SSSR count). The Morgan fingerprint density at radius 3 is 2.95 bits per heavy atom. The summed E-state index contributed by atoms with van der Waals surface area (Å²) in [5, 5.41) is 11.6. The minimum atomic E-state index is -0.205. The molecule has 0 saturated carbocycles. The molecule has 0 spiro atoms. The molecule has 1 amide bonds. The third-order valence-corrected chi connectivity index (χ3v) is 2.95. The van der Waals surface area contributed by atoms with Crippen molar-refractivity contribution >= 4 is 5.91 Å². The number of aromatic nitrogens is 2. The summed E-state index contributed by atoms with van der Waals surface area (Å²) in [4.78, 5) is 20.1. The van der Waals surface area contributed by atoms with Crippen molar-refractivity contribution in [3.63, 3.8) is 0 Å². The summed E-state index contributed by atoms with van der Waals surface area (Å²) in [5.41, 5.74) is 2.83. The molecule has 0 aliphatic rings. The first-order chi connectivity index (χ1) is 10.2. The summed E-state index contributed by atoms with van der Waals surface area (Å²) in [5.74, 6) is 5.24. The fraction of sp³-hybridized carbons (Fsp3) is 0.188. The summed E-state index contributed by atoms with van der Waals surface area (Å²) < 4.78 is 0. The summed E-state index contributed by atoms with van der Waals surface area (Å²) in [6, 6.07) is 7.08. The van der Waals surface area contributed by atoms with Gasteiger partial charge in [0, 0.05) is 17.3 Å². The number of benzene rings is 1. The number of nitrogens with one attached hydrogen (secondary N) is 1. The zero-order chi connectivity index (χ0) is 15.1. The number of carbonyl (C=O) groups excluding carboxylic acids is 1. The molecule has 2 N–H and O–H groups in total. The molecule has 0 saturated heterocycles. The number of hydrogen-bond acceptors (Lipinski definition) is 4. The van der Waals surface area contributed by atoms with Gasteiger partial charge < -0.3 is 10.4 Å². The van der Waals surface area contributed by atoms with E-state index in [0.29, 0.717) is 12.1 Å². The van der Waals surface area contributed by atoms with E-state index < -0.39 is 0 Å². The van der Waals surface area contributed by atoms with Gasteiger partial charge in [-0.3, -0.25) is 4.79 Å². The monoisotopic (exact) mass is 281 g/mol. The van der Waals surface area contributed by atoms with Crippen LogP contribution in [0.2, 0.25) is 0 Å². The Morgan fingerprint density at radius 1 is 1.38 bits per heavy atom. The van der Waals surface area contributed by atoms with Crippen molar-refractivity contribution in [2.24, 2.45) is 0 Å². The first-order valence-electron chi connectivity index (χ1n) is 6.45. The molecule has 0 radical (unpaired) electrons. The van der Waals surface area contributed by atoms with Gasteiger partial charge in [-0.15, -0.1) is 0 Å². The first-order valence-corrected chi connectivity index (χ1v) is 6.45. The largest absolute Gasteiger partial charge is 0.384 e. The Bertz CT molecular complexity index is 688. The Balaban J connectivity index is 2.12. The van der Waals surface area contributed by atoms with Crippen LogP contribution >= 0.6 is 0 Å². The van der Waals surface area contributed by atoms with E-state index >= 15 is 0 Å². The lowest BCUT2D eigenvalue weighted by molar-refractivity contribution is 0.0949.